The van der Waals surface area contributed by atoms with Crippen LogP contribution in [0.1, 0.15) is 37.0 Å². The monoisotopic (exact) mass is 525 g/mol. The van der Waals surface area contributed by atoms with Crippen molar-refractivity contribution in [2.75, 3.05) is 12.4 Å². The molecule has 3 aromatic rings. The first kappa shape index (κ1) is 20.8. The highest BCUT2D eigenvalue weighted by Crippen LogP contribution is 2.33. The quantitative estimate of drug-likeness (QED) is 0.465. The smallest absolute Gasteiger partial charge is 0.338 e. The highest BCUT2D eigenvalue weighted by Gasteiger charge is 2.19. The molecule has 2 heterocycles. The zero-order chi connectivity index (χ0) is 20.4. The van der Waals surface area contributed by atoms with E-state index < -0.39 is 0 Å². The molecule has 0 aliphatic carbocycles. The first-order chi connectivity index (χ1) is 13.3. The van der Waals surface area contributed by atoms with Crippen LogP contribution in [-0.4, -0.2) is 28.8 Å². The minimum absolute atomic E-state index is 0.197. The summed E-state index contributed by atoms with van der Waals surface area (Å²) in [6, 6.07) is 9.01. The van der Waals surface area contributed by atoms with Crippen LogP contribution in [0, 0.1) is 13.8 Å². The number of ether oxygens (including phenoxy) is 1. The first-order valence-corrected chi connectivity index (χ1v) is 10.7. The molecule has 0 fully saturated rings. The van der Waals surface area contributed by atoms with Gasteiger partial charge in [-0.25, -0.2) is 4.79 Å². The molecule has 0 saturated carbocycles. The molecule has 1 N–H and O–H groups in total. The molecule has 0 spiro atoms. The molecule has 146 valence electrons. The van der Waals surface area contributed by atoms with E-state index in [1.54, 1.807) is 22.9 Å². The van der Waals surface area contributed by atoms with E-state index >= 15 is 0 Å². The van der Waals surface area contributed by atoms with Crippen LogP contribution in [0.15, 0.2) is 38.6 Å². The number of carbonyl (C=O) groups is 2. The topological polar surface area (TPSA) is 73.2 Å². The average molecular weight is 527 g/mol. The SMILES string of the molecule is COC(=O)c1ccccc1Cn1nc(C)c(NC(=O)c2cc(Br)c(Br)s2)c1C. The maximum Gasteiger partial charge on any atom is 0.338 e. The number of aryl methyl sites for hydroxylation is 1. The van der Waals surface area contributed by atoms with Gasteiger partial charge in [-0.3, -0.25) is 9.48 Å². The number of hydrogen-bond donors (Lipinski definition) is 1. The van der Waals surface area contributed by atoms with Crippen molar-refractivity contribution in [1.82, 2.24) is 9.78 Å². The van der Waals surface area contributed by atoms with Gasteiger partial charge in [0.25, 0.3) is 5.91 Å². The van der Waals surface area contributed by atoms with E-state index in [0.717, 1.165) is 19.5 Å². The Labute approximate surface area is 183 Å². The summed E-state index contributed by atoms with van der Waals surface area (Å²) in [6.07, 6.45) is 0. The van der Waals surface area contributed by atoms with Crippen molar-refractivity contribution in [2.45, 2.75) is 20.4 Å². The fraction of sp³-hybridized carbons (Fsp3) is 0.211. The molecular weight excluding hydrogens is 510 g/mol. The van der Waals surface area contributed by atoms with Crippen LogP contribution in [0.5, 0.6) is 0 Å². The Hall–Kier alpha value is -1.97. The van der Waals surface area contributed by atoms with E-state index in [1.165, 1.54) is 18.4 Å². The fourth-order valence-electron chi connectivity index (χ4n) is 2.79. The largest absolute Gasteiger partial charge is 0.465 e. The highest BCUT2D eigenvalue weighted by atomic mass is 79.9. The number of amides is 1. The van der Waals surface area contributed by atoms with Gasteiger partial charge in [0.2, 0.25) is 0 Å². The van der Waals surface area contributed by atoms with Gasteiger partial charge >= 0.3 is 5.97 Å². The summed E-state index contributed by atoms with van der Waals surface area (Å²) >= 11 is 8.14. The number of anilines is 1. The Morgan fingerprint density at radius 1 is 1.25 bits per heavy atom. The van der Waals surface area contributed by atoms with Gasteiger partial charge in [-0.2, -0.15) is 5.10 Å². The second-order valence-electron chi connectivity index (χ2n) is 6.04. The number of esters is 1. The van der Waals surface area contributed by atoms with Gasteiger partial charge in [0.1, 0.15) is 0 Å². The number of hydrogen-bond acceptors (Lipinski definition) is 5. The minimum Gasteiger partial charge on any atom is -0.465 e. The molecule has 1 aromatic carbocycles. The van der Waals surface area contributed by atoms with E-state index in [9.17, 15) is 9.59 Å². The molecule has 1 amide bonds. The Morgan fingerprint density at radius 3 is 2.61 bits per heavy atom. The normalized spacial score (nSPS) is 10.8. The van der Waals surface area contributed by atoms with Crippen LogP contribution >= 0.6 is 43.2 Å². The van der Waals surface area contributed by atoms with Crippen LogP contribution in [-0.2, 0) is 11.3 Å². The summed E-state index contributed by atoms with van der Waals surface area (Å²) in [4.78, 5) is 25.2. The number of benzene rings is 1. The number of aromatic nitrogens is 2. The van der Waals surface area contributed by atoms with Gasteiger partial charge in [-0.1, -0.05) is 18.2 Å². The minimum atomic E-state index is -0.389. The van der Waals surface area contributed by atoms with Crippen LogP contribution in [0.2, 0.25) is 0 Å². The Morgan fingerprint density at radius 2 is 1.96 bits per heavy atom. The lowest BCUT2D eigenvalue weighted by Gasteiger charge is -2.10. The lowest BCUT2D eigenvalue weighted by atomic mass is 10.1. The van der Waals surface area contributed by atoms with Crippen molar-refractivity contribution in [3.63, 3.8) is 0 Å². The summed E-state index contributed by atoms with van der Waals surface area (Å²) in [7, 11) is 1.36. The Balaban J connectivity index is 1.87. The lowest BCUT2D eigenvalue weighted by Crippen LogP contribution is -2.13. The molecule has 0 saturated heterocycles. The predicted octanol–water partition coefficient (Wildman–Crippen LogP) is 5.17. The summed E-state index contributed by atoms with van der Waals surface area (Å²) in [5.74, 6) is -0.586. The van der Waals surface area contributed by atoms with Gasteiger partial charge in [-0.05, 0) is 63.4 Å². The average Bonchev–Trinajstić information content (AvgIpc) is 3.15. The molecule has 2 aromatic heterocycles. The van der Waals surface area contributed by atoms with E-state index in [2.05, 4.69) is 42.3 Å². The molecular formula is C19H17Br2N3O3S. The third kappa shape index (κ3) is 4.21. The maximum atomic E-state index is 12.6. The van der Waals surface area contributed by atoms with Crippen LogP contribution in [0.3, 0.4) is 0 Å². The van der Waals surface area contributed by atoms with Crippen molar-refractivity contribution >= 4 is 60.8 Å². The van der Waals surface area contributed by atoms with Gasteiger partial charge in [0.05, 0.1) is 45.0 Å². The van der Waals surface area contributed by atoms with E-state index in [1.807, 2.05) is 26.0 Å². The molecule has 9 heteroatoms. The molecule has 28 heavy (non-hydrogen) atoms. The number of carbonyl (C=O) groups excluding carboxylic acids is 2. The van der Waals surface area contributed by atoms with E-state index in [-0.39, 0.29) is 11.9 Å². The summed E-state index contributed by atoms with van der Waals surface area (Å²) in [5, 5.41) is 7.48. The zero-order valence-corrected chi connectivity index (χ0v) is 19.4. The third-order valence-corrected chi connectivity index (χ3v) is 7.49. The van der Waals surface area contributed by atoms with Crippen molar-refractivity contribution in [2.24, 2.45) is 0 Å². The maximum absolute atomic E-state index is 12.6. The highest BCUT2D eigenvalue weighted by molar-refractivity contribution is 9.13. The number of nitrogens with one attached hydrogen (secondary N) is 1. The standard InChI is InChI=1S/C19H17Br2N3O3S/c1-10-16(22-18(25)15-8-14(20)17(21)28-15)11(2)24(23-10)9-12-6-4-5-7-13(12)19(26)27-3/h4-8H,9H2,1-3H3,(H,22,25). The molecule has 6 nitrogen and oxygen atoms in total. The summed E-state index contributed by atoms with van der Waals surface area (Å²) in [6.45, 7) is 4.12. The summed E-state index contributed by atoms with van der Waals surface area (Å²) < 4.78 is 8.33. The van der Waals surface area contributed by atoms with Gasteiger partial charge < -0.3 is 10.1 Å². The first-order valence-electron chi connectivity index (χ1n) is 8.28. The number of rotatable bonds is 5. The van der Waals surface area contributed by atoms with Crippen molar-refractivity contribution in [3.8, 4) is 0 Å². The van der Waals surface area contributed by atoms with Crippen LogP contribution in [0.4, 0.5) is 5.69 Å². The molecule has 0 aliphatic heterocycles. The molecule has 0 bridgehead atoms. The third-order valence-electron chi connectivity index (χ3n) is 4.23. The summed E-state index contributed by atoms with van der Waals surface area (Å²) in [5.41, 5.74) is 3.47. The van der Waals surface area contributed by atoms with E-state index in [0.29, 0.717) is 28.4 Å². The van der Waals surface area contributed by atoms with E-state index in [4.69, 9.17) is 4.74 Å². The van der Waals surface area contributed by atoms with Crippen molar-refractivity contribution in [1.29, 1.82) is 0 Å². The fourth-order valence-corrected chi connectivity index (χ4v) is 4.72. The van der Waals surface area contributed by atoms with Crippen molar-refractivity contribution in [3.05, 3.63) is 66.0 Å². The van der Waals surface area contributed by atoms with Gasteiger partial charge in [-0.15, -0.1) is 11.3 Å². The van der Waals surface area contributed by atoms with Gasteiger partial charge in [0, 0.05) is 4.47 Å². The second kappa shape index (κ2) is 8.59. The predicted molar refractivity (Wildman–Crippen MR) is 116 cm³/mol. The van der Waals surface area contributed by atoms with Crippen molar-refractivity contribution < 1.29 is 14.3 Å². The van der Waals surface area contributed by atoms with Gasteiger partial charge in [0.15, 0.2) is 0 Å². The number of halogens is 2. The zero-order valence-electron chi connectivity index (χ0n) is 15.4. The lowest BCUT2D eigenvalue weighted by molar-refractivity contribution is 0.0599. The molecule has 0 unspecified atom stereocenters. The van der Waals surface area contributed by atoms with Crippen LogP contribution in [0.25, 0.3) is 0 Å². The Bertz CT molecular complexity index is 1040. The molecule has 3 rings (SSSR count). The Kier molecular flexibility index (Phi) is 6.36. The van der Waals surface area contributed by atoms with Crippen LogP contribution < -0.4 is 5.32 Å². The molecule has 0 aliphatic rings. The number of methoxy groups -OCH3 is 1. The molecule has 0 atom stereocenters. The molecule has 0 radical (unpaired) electrons. The second-order valence-corrected chi connectivity index (χ2v) is 9.26. The number of nitrogens with zero attached hydrogens (tertiary/aromatic N) is 2. The number of thiophene rings is 1.